The molecule has 2 aromatic rings. The number of aliphatic imine (C=N–C) groups is 1. The molecule has 2 rings (SSSR count). The maximum absolute atomic E-state index is 13.5. The number of phenolic OH excluding ortho intramolecular Hbond substituents is 2. The van der Waals surface area contributed by atoms with E-state index in [1.165, 1.54) is 30.4 Å². The van der Waals surface area contributed by atoms with Crippen LogP contribution in [0.15, 0.2) is 96.6 Å². The van der Waals surface area contributed by atoms with Crippen molar-refractivity contribution >= 4 is 11.6 Å². The number of allylic oxidation sites excluding steroid dienone is 5. The number of nitrogens with zero attached hydrogens (tertiary/aromatic N) is 1. The van der Waals surface area contributed by atoms with E-state index in [1.54, 1.807) is 19.9 Å². The van der Waals surface area contributed by atoms with Crippen LogP contribution in [0.1, 0.15) is 38.3 Å². The fourth-order valence-electron chi connectivity index (χ4n) is 3.14. The van der Waals surface area contributed by atoms with Gasteiger partial charge in [0, 0.05) is 36.9 Å². The van der Waals surface area contributed by atoms with Crippen LogP contribution < -0.4 is 10.1 Å². The quantitative estimate of drug-likeness (QED) is 0.181. The predicted octanol–water partition coefficient (Wildman–Crippen LogP) is 6.21. The van der Waals surface area contributed by atoms with E-state index < -0.39 is 6.17 Å². The van der Waals surface area contributed by atoms with Gasteiger partial charge in [-0.05, 0) is 62.8 Å². The number of alkyl halides is 1. The molecule has 0 aliphatic rings. The number of phenols is 2. The van der Waals surface area contributed by atoms with Crippen LogP contribution in [0.4, 0.5) is 4.39 Å². The third-order valence-electron chi connectivity index (χ3n) is 4.95. The van der Waals surface area contributed by atoms with Crippen molar-refractivity contribution in [2.24, 2.45) is 4.99 Å². The minimum atomic E-state index is -1.09. The summed E-state index contributed by atoms with van der Waals surface area (Å²) >= 11 is 0. The normalized spacial score (nSPS) is 12.8. The van der Waals surface area contributed by atoms with E-state index >= 15 is 0 Å². The molecule has 0 aliphatic heterocycles. The zero-order valence-corrected chi connectivity index (χ0v) is 21.8. The van der Waals surface area contributed by atoms with Crippen LogP contribution in [0.5, 0.6) is 17.2 Å². The molecule has 1 unspecified atom stereocenters. The highest BCUT2D eigenvalue weighted by molar-refractivity contribution is 5.99. The first-order chi connectivity index (χ1) is 17.8. The van der Waals surface area contributed by atoms with Crippen LogP contribution in [0.25, 0.3) is 0 Å². The molecule has 0 spiro atoms. The molecule has 7 heteroatoms. The Hall–Kier alpha value is -4.13. The number of hydrogen-bond acceptors (Lipinski definition) is 5. The van der Waals surface area contributed by atoms with E-state index in [2.05, 4.69) is 23.5 Å². The van der Waals surface area contributed by atoms with Gasteiger partial charge in [0.2, 0.25) is 5.91 Å². The monoisotopic (exact) mass is 508 g/mol. The molecule has 6 nitrogen and oxygen atoms in total. The van der Waals surface area contributed by atoms with Crippen molar-refractivity contribution in [1.82, 2.24) is 5.32 Å². The fraction of sp³-hybridized carbons (Fsp3) is 0.267. The summed E-state index contributed by atoms with van der Waals surface area (Å²) in [6, 6.07) is 11.7. The molecule has 1 amide bonds. The standard InChI is InChI=1S/C28H33FN2O4.C2H4/c1-4-6-24(29)15-20(2)7-5-14-35-27-10-8-22(9-11-27)19-31-28(34)12-13-30-21(3)23-16-25(32)18-26(33)17-23;1-2/h4-11,15-18,24,32-33H,12-14,19H2,1-3H3,(H,31,34);1-2H2/b6-4-,7-5+,20-15?,30-21?;. The lowest BCUT2D eigenvalue weighted by molar-refractivity contribution is -0.121. The second kappa shape index (κ2) is 17.3. The zero-order chi connectivity index (χ0) is 27.6. The van der Waals surface area contributed by atoms with Crippen molar-refractivity contribution < 1.29 is 24.1 Å². The van der Waals surface area contributed by atoms with Gasteiger partial charge >= 0.3 is 0 Å². The third-order valence-corrected chi connectivity index (χ3v) is 4.95. The van der Waals surface area contributed by atoms with Gasteiger partial charge in [0.15, 0.2) is 0 Å². The number of benzene rings is 2. The summed E-state index contributed by atoms with van der Waals surface area (Å²) in [5, 5.41) is 22.0. The van der Waals surface area contributed by atoms with Crippen molar-refractivity contribution in [2.75, 3.05) is 13.2 Å². The first kappa shape index (κ1) is 30.9. The number of hydrogen-bond donors (Lipinski definition) is 3. The molecule has 1 atom stereocenters. The predicted molar refractivity (Wildman–Crippen MR) is 149 cm³/mol. The second-order valence-corrected chi connectivity index (χ2v) is 7.97. The minimum Gasteiger partial charge on any atom is -0.508 e. The van der Waals surface area contributed by atoms with Gasteiger partial charge in [0.25, 0.3) is 0 Å². The average Bonchev–Trinajstić information content (AvgIpc) is 2.86. The molecule has 198 valence electrons. The lowest BCUT2D eigenvalue weighted by atomic mass is 10.1. The van der Waals surface area contributed by atoms with Gasteiger partial charge in [-0.2, -0.15) is 0 Å². The van der Waals surface area contributed by atoms with Gasteiger partial charge < -0.3 is 20.3 Å². The molecule has 0 heterocycles. The number of aromatic hydroxyl groups is 2. The number of halogens is 1. The first-order valence-electron chi connectivity index (χ1n) is 11.9. The molecule has 37 heavy (non-hydrogen) atoms. The van der Waals surface area contributed by atoms with Crippen LogP contribution in [-0.4, -0.2) is 41.2 Å². The largest absolute Gasteiger partial charge is 0.508 e. The number of nitrogens with one attached hydrogen (secondary N) is 1. The Bertz CT molecular complexity index is 1080. The van der Waals surface area contributed by atoms with Gasteiger partial charge in [0.1, 0.15) is 30.0 Å². The van der Waals surface area contributed by atoms with E-state index in [0.29, 0.717) is 36.7 Å². The van der Waals surface area contributed by atoms with Gasteiger partial charge in [0.05, 0.1) is 0 Å². The van der Waals surface area contributed by atoms with Crippen LogP contribution in [0.2, 0.25) is 0 Å². The molecule has 3 N–H and O–H groups in total. The Balaban J connectivity index is 0.00000334. The Morgan fingerprint density at radius 1 is 1.14 bits per heavy atom. The highest BCUT2D eigenvalue weighted by Crippen LogP contribution is 2.21. The molecule has 0 aromatic heterocycles. The summed E-state index contributed by atoms with van der Waals surface area (Å²) < 4.78 is 19.1. The van der Waals surface area contributed by atoms with E-state index in [9.17, 15) is 19.4 Å². The molecular formula is C30H37FN2O4. The molecule has 2 aromatic carbocycles. The maximum atomic E-state index is 13.5. The van der Waals surface area contributed by atoms with Gasteiger partial charge in [-0.15, -0.1) is 13.2 Å². The van der Waals surface area contributed by atoms with E-state index in [-0.39, 0.29) is 23.8 Å². The number of carbonyl (C=O) groups excluding carboxylic acids is 1. The molecule has 0 bridgehead atoms. The Morgan fingerprint density at radius 3 is 2.41 bits per heavy atom. The van der Waals surface area contributed by atoms with Crippen molar-refractivity contribution in [1.29, 1.82) is 0 Å². The average molecular weight is 509 g/mol. The lowest BCUT2D eigenvalue weighted by Crippen LogP contribution is -2.23. The fourth-order valence-corrected chi connectivity index (χ4v) is 3.14. The smallest absolute Gasteiger partial charge is 0.222 e. The van der Waals surface area contributed by atoms with Crippen molar-refractivity contribution in [2.45, 2.75) is 39.9 Å². The topological polar surface area (TPSA) is 91.2 Å². The van der Waals surface area contributed by atoms with E-state index in [1.807, 2.05) is 43.3 Å². The van der Waals surface area contributed by atoms with Crippen LogP contribution in [-0.2, 0) is 11.3 Å². The third kappa shape index (κ3) is 12.9. The first-order valence-corrected chi connectivity index (χ1v) is 11.9. The summed E-state index contributed by atoms with van der Waals surface area (Å²) in [4.78, 5) is 16.5. The lowest BCUT2D eigenvalue weighted by Gasteiger charge is -2.07. The Labute approximate surface area is 219 Å². The van der Waals surface area contributed by atoms with Crippen molar-refractivity contribution in [3.8, 4) is 17.2 Å². The van der Waals surface area contributed by atoms with Crippen molar-refractivity contribution in [3.63, 3.8) is 0 Å². The molecule has 0 saturated heterocycles. The highest BCUT2D eigenvalue weighted by Gasteiger charge is 2.05. The Kier molecular flexibility index (Phi) is 14.5. The van der Waals surface area contributed by atoms with Gasteiger partial charge in [-0.3, -0.25) is 9.79 Å². The molecular weight excluding hydrogens is 471 g/mol. The number of carbonyl (C=O) groups is 1. The van der Waals surface area contributed by atoms with Crippen LogP contribution in [0.3, 0.4) is 0 Å². The van der Waals surface area contributed by atoms with Crippen LogP contribution >= 0.6 is 0 Å². The molecule has 0 radical (unpaired) electrons. The molecule has 0 fully saturated rings. The number of amides is 1. The summed E-state index contributed by atoms with van der Waals surface area (Å²) in [5.74, 6) is 0.490. The van der Waals surface area contributed by atoms with Gasteiger partial charge in [-0.25, -0.2) is 4.39 Å². The summed E-state index contributed by atoms with van der Waals surface area (Å²) in [7, 11) is 0. The summed E-state index contributed by atoms with van der Waals surface area (Å²) in [6.45, 7) is 12.4. The SMILES string of the molecule is C/C=C\C(F)C=C(C)/C=C/COc1ccc(CNC(=O)CCN=C(C)c2cc(O)cc(O)c2)cc1.C=C. The van der Waals surface area contributed by atoms with Crippen molar-refractivity contribution in [3.05, 3.63) is 103 Å². The van der Waals surface area contributed by atoms with Crippen LogP contribution in [0, 0.1) is 0 Å². The Morgan fingerprint density at radius 2 is 1.78 bits per heavy atom. The second-order valence-electron chi connectivity index (χ2n) is 7.97. The minimum absolute atomic E-state index is 0.0422. The summed E-state index contributed by atoms with van der Waals surface area (Å²) in [6.07, 6.45) is 7.49. The maximum Gasteiger partial charge on any atom is 0.222 e. The number of rotatable bonds is 12. The number of ether oxygens (including phenoxy) is 1. The zero-order valence-electron chi connectivity index (χ0n) is 21.8. The highest BCUT2D eigenvalue weighted by atomic mass is 19.1. The van der Waals surface area contributed by atoms with E-state index in [4.69, 9.17) is 4.74 Å². The molecule has 0 aliphatic carbocycles. The van der Waals surface area contributed by atoms with E-state index in [0.717, 1.165) is 11.1 Å². The molecule has 0 saturated carbocycles. The van der Waals surface area contributed by atoms with Gasteiger partial charge in [-0.1, -0.05) is 35.9 Å². The summed E-state index contributed by atoms with van der Waals surface area (Å²) in [5.41, 5.74) is 2.99.